The van der Waals surface area contributed by atoms with Crippen molar-refractivity contribution in [3.8, 4) is 5.75 Å². The van der Waals surface area contributed by atoms with Gasteiger partial charge in [0.15, 0.2) is 5.96 Å². The van der Waals surface area contributed by atoms with Gasteiger partial charge in [0.25, 0.3) is 0 Å². The molecule has 0 saturated carbocycles. The van der Waals surface area contributed by atoms with E-state index < -0.39 is 12.7 Å². The van der Waals surface area contributed by atoms with Crippen molar-refractivity contribution < 1.29 is 17.9 Å². The lowest BCUT2D eigenvalue weighted by Gasteiger charge is -2.19. The number of guanidine groups is 1. The summed E-state index contributed by atoms with van der Waals surface area (Å²) < 4.78 is 42.2. The van der Waals surface area contributed by atoms with Gasteiger partial charge in [0.05, 0.1) is 13.1 Å². The zero-order chi connectivity index (χ0) is 18.7. The summed E-state index contributed by atoms with van der Waals surface area (Å²) in [4.78, 5) is 5.32. The highest BCUT2D eigenvalue weighted by atomic mass is 127. The molecule has 0 saturated heterocycles. The Bertz CT molecular complexity index is 524. The van der Waals surface area contributed by atoms with E-state index in [4.69, 9.17) is 4.74 Å². The molecule has 0 fully saturated rings. The van der Waals surface area contributed by atoms with E-state index in [9.17, 15) is 13.2 Å². The van der Waals surface area contributed by atoms with E-state index in [1.54, 1.807) is 7.05 Å². The van der Waals surface area contributed by atoms with Crippen molar-refractivity contribution in [3.63, 3.8) is 0 Å². The molecule has 2 N–H and O–H groups in total. The van der Waals surface area contributed by atoms with E-state index in [0.29, 0.717) is 38.6 Å². The molecule has 0 aliphatic carbocycles. The van der Waals surface area contributed by atoms with Crippen LogP contribution in [0.5, 0.6) is 5.75 Å². The van der Waals surface area contributed by atoms with Crippen molar-refractivity contribution in [2.24, 2.45) is 4.99 Å². The van der Waals surface area contributed by atoms with Crippen molar-refractivity contribution in [1.29, 1.82) is 0 Å². The molecular weight excluding hydrogens is 460 g/mol. The average Bonchev–Trinajstić information content (AvgIpc) is 2.53. The Morgan fingerprint density at radius 1 is 1.15 bits per heavy atom. The molecule has 0 amide bonds. The summed E-state index contributed by atoms with van der Waals surface area (Å²) >= 11 is 0. The fourth-order valence-corrected chi connectivity index (χ4v) is 2.13. The number of rotatable bonds is 9. The highest BCUT2D eigenvalue weighted by Crippen LogP contribution is 2.15. The zero-order valence-electron chi connectivity index (χ0n) is 15.4. The van der Waals surface area contributed by atoms with E-state index in [0.717, 1.165) is 5.75 Å². The Hall–Kier alpha value is -1.23. The number of nitrogens with one attached hydrogen (secondary N) is 2. The Morgan fingerprint density at radius 3 is 2.35 bits per heavy atom. The fraction of sp³-hybridized carbons (Fsp3) is 0.588. The van der Waals surface area contributed by atoms with Gasteiger partial charge >= 0.3 is 6.18 Å². The van der Waals surface area contributed by atoms with E-state index in [2.05, 4.69) is 15.6 Å². The molecule has 5 nitrogen and oxygen atoms in total. The standard InChI is InChI=1S/C17H27F3N4O.HI/c1-14-5-7-15(8-6-14)25-12-10-23-16(21-2)22-9-4-11-24(3)13-17(18,19)20;/h5-8H,4,9-13H2,1-3H3,(H2,21,22,23);1H. The predicted octanol–water partition coefficient (Wildman–Crippen LogP) is 3.04. The summed E-state index contributed by atoms with van der Waals surface area (Å²) in [5.41, 5.74) is 1.18. The lowest BCUT2D eigenvalue weighted by Crippen LogP contribution is -2.40. The van der Waals surface area contributed by atoms with Gasteiger partial charge in [0.2, 0.25) is 0 Å². The fourth-order valence-electron chi connectivity index (χ4n) is 2.13. The van der Waals surface area contributed by atoms with Gasteiger partial charge < -0.3 is 15.4 Å². The normalized spacial score (nSPS) is 11.9. The first-order valence-electron chi connectivity index (χ1n) is 8.19. The minimum Gasteiger partial charge on any atom is -0.492 e. The third-order valence-electron chi connectivity index (χ3n) is 3.37. The Morgan fingerprint density at radius 2 is 1.77 bits per heavy atom. The van der Waals surface area contributed by atoms with Gasteiger partial charge in [-0.3, -0.25) is 9.89 Å². The molecule has 0 aliphatic rings. The van der Waals surface area contributed by atoms with Crippen molar-refractivity contribution in [1.82, 2.24) is 15.5 Å². The maximum atomic E-state index is 12.2. The summed E-state index contributed by atoms with van der Waals surface area (Å²) in [6.07, 6.45) is -3.57. The number of aliphatic imine (C=N–C) groups is 1. The number of ether oxygens (including phenoxy) is 1. The van der Waals surface area contributed by atoms with Crippen molar-refractivity contribution >= 4 is 29.9 Å². The van der Waals surface area contributed by atoms with Crippen LogP contribution >= 0.6 is 24.0 Å². The minimum absolute atomic E-state index is 0. The van der Waals surface area contributed by atoms with Gasteiger partial charge in [-0.25, -0.2) is 0 Å². The molecule has 0 aliphatic heterocycles. The quantitative estimate of drug-likeness (QED) is 0.243. The van der Waals surface area contributed by atoms with Crippen LogP contribution in [-0.4, -0.2) is 63.9 Å². The highest BCUT2D eigenvalue weighted by Gasteiger charge is 2.28. The molecule has 1 aromatic rings. The molecular formula is C17H28F3IN4O. The lowest BCUT2D eigenvalue weighted by atomic mass is 10.2. The predicted molar refractivity (Wildman–Crippen MR) is 110 cm³/mol. The van der Waals surface area contributed by atoms with Crippen molar-refractivity contribution in [2.75, 3.05) is 46.9 Å². The molecule has 1 rings (SSSR count). The smallest absolute Gasteiger partial charge is 0.401 e. The Labute approximate surface area is 170 Å². The van der Waals surface area contributed by atoms with Crippen LogP contribution in [0.2, 0.25) is 0 Å². The number of nitrogens with zero attached hydrogens (tertiary/aromatic N) is 2. The first kappa shape index (κ1) is 24.8. The third kappa shape index (κ3) is 12.2. The van der Waals surface area contributed by atoms with E-state index in [1.807, 2.05) is 31.2 Å². The largest absolute Gasteiger partial charge is 0.492 e. The molecule has 0 unspecified atom stereocenters. The summed E-state index contributed by atoms with van der Waals surface area (Å²) in [5, 5.41) is 6.17. The van der Waals surface area contributed by atoms with Gasteiger partial charge in [-0.05, 0) is 39.1 Å². The lowest BCUT2D eigenvalue weighted by molar-refractivity contribution is -0.143. The topological polar surface area (TPSA) is 48.9 Å². The van der Waals surface area contributed by atoms with Crippen LogP contribution in [0.15, 0.2) is 29.3 Å². The molecule has 26 heavy (non-hydrogen) atoms. The van der Waals surface area contributed by atoms with E-state index in [1.165, 1.54) is 17.5 Å². The van der Waals surface area contributed by atoms with Crippen LogP contribution < -0.4 is 15.4 Å². The number of aryl methyl sites for hydroxylation is 1. The molecule has 9 heteroatoms. The summed E-state index contributed by atoms with van der Waals surface area (Å²) in [7, 11) is 3.11. The van der Waals surface area contributed by atoms with Crippen LogP contribution in [-0.2, 0) is 0 Å². The highest BCUT2D eigenvalue weighted by molar-refractivity contribution is 14.0. The van der Waals surface area contributed by atoms with Crippen LogP contribution in [0.3, 0.4) is 0 Å². The summed E-state index contributed by atoms with van der Waals surface area (Å²) in [6.45, 7) is 3.08. The van der Waals surface area contributed by atoms with Gasteiger partial charge in [0.1, 0.15) is 12.4 Å². The second-order valence-corrected chi connectivity index (χ2v) is 5.79. The van der Waals surface area contributed by atoms with Gasteiger partial charge in [0, 0.05) is 13.6 Å². The third-order valence-corrected chi connectivity index (χ3v) is 3.37. The zero-order valence-corrected chi connectivity index (χ0v) is 17.7. The maximum absolute atomic E-state index is 12.2. The van der Waals surface area contributed by atoms with Gasteiger partial charge in [-0.1, -0.05) is 17.7 Å². The summed E-state index contributed by atoms with van der Waals surface area (Å²) in [5.74, 6) is 1.41. The number of benzene rings is 1. The first-order chi connectivity index (χ1) is 11.8. The van der Waals surface area contributed by atoms with Crippen LogP contribution in [0.25, 0.3) is 0 Å². The first-order valence-corrected chi connectivity index (χ1v) is 8.19. The van der Waals surface area contributed by atoms with Crippen molar-refractivity contribution in [3.05, 3.63) is 29.8 Å². The van der Waals surface area contributed by atoms with Gasteiger partial charge in [-0.2, -0.15) is 13.2 Å². The van der Waals surface area contributed by atoms with Crippen LogP contribution in [0, 0.1) is 6.92 Å². The number of hydrogen-bond acceptors (Lipinski definition) is 3. The second kappa shape index (κ2) is 13.0. The SMILES string of the molecule is CN=C(NCCCN(C)CC(F)(F)F)NCCOc1ccc(C)cc1.I. The molecule has 0 aromatic heterocycles. The molecule has 0 radical (unpaired) electrons. The number of halogens is 4. The maximum Gasteiger partial charge on any atom is 0.401 e. The Balaban J connectivity index is 0.00000625. The molecule has 0 atom stereocenters. The average molecular weight is 488 g/mol. The van der Waals surface area contributed by atoms with E-state index in [-0.39, 0.29) is 24.0 Å². The molecule has 0 heterocycles. The second-order valence-electron chi connectivity index (χ2n) is 5.79. The van der Waals surface area contributed by atoms with Crippen LogP contribution in [0.4, 0.5) is 13.2 Å². The molecule has 0 bridgehead atoms. The van der Waals surface area contributed by atoms with Crippen molar-refractivity contribution in [2.45, 2.75) is 19.5 Å². The Kier molecular flexibility index (Phi) is 12.4. The molecule has 0 spiro atoms. The van der Waals surface area contributed by atoms with Gasteiger partial charge in [-0.15, -0.1) is 24.0 Å². The van der Waals surface area contributed by atoms with Crippen LogP contribution in [0.1, 0.15) is 12.0 Å². The number of hydrogen-bond donors (Lipinski definition) is 2. The van der Waals surface area contributed by atoms with E-state index >= 15 is 0 Å². The molecule has 150 valence electrons. The number of alkyl halides is 3. The molecule has 1 aromatic carbocycles. The minimum atomic E-state index is -4.16. The monoisotopic (exact) mass is 488 g/mol. The summed E-state index contributed by atoms with van der Waals surface area (Å²) in [6, 6.07) is 7.80.